The molecule has 8 nitrogen and oxygen atoms in total. The molecule has 0 saturated carbocycles. The van der Waals surface area contributed by atoms with Gasteiger partial charge in [0.25, 0.3) is 0 Å². The highest BCUT2D eigenvalue weighted by Crippen LogP contribution is 2.33. The fourth-order valence-corrected chi connectivity index (χ4v) is 1.16. The lowest BCUT2D eigenvalue weighted by atomic mass is 10.3. The molecule has 20 heavy (non-hydrogen) atoms. The monoisotopic (exact) mass is 296 g/mol. The standard InChI is InChI=1S/C9H7F3N2O6/c1-2-19-8(16)6-5(20-9(10,11)12)3-4(15)7(13-6)14(17)18/h3,15H,2H2,1H3. The van der Waals surface area contributed by atoms with Gasteiger partial charge in [-0.3, -0.25) is 0 Å². The number of hydrogen-bond acceptors (Lipinski definition) is 7. The third-order valence-electron chi connectivity index (χ3n) is 1.82. The third-order valence-corrected chi connectivity index (χ3v) is 1.82. The first kappa shape index (κ1) is 15.5. The summed E-state index contributed by atoms with van der Waals surface area (Å²) < 4.78 is 44.3. The van der Waals surface area contributed by atoms with Gasteiger partial charge in [-0.2, -0.15) is 0 Å². The number of halogens is 3. The van der Waals surface area contributed by atoms with Gasteiger partial charge in [-0.25, -0.2) is 4.79 Å². The number of rotatable bonds is 4. The lowest BCUT2D eigenvalue weighted by Crippen LogP contribution is -2.20. The Morgan fingerprint density at radius 3 is 2.60 bits per heavy atom. The van der Waals surface area contributed by atoms with Gasteiger partial charge in [0, 0.05) is 6.07 Å². The van der Waals surface area contributed by atoms with Crippen molar-refractivity contribution >= 4 is 11.8 Å². The second-order valence-electron chi connectivity index (χ2n) is 3.20. The van der Waals surface area contributed by atoms with E-state index in [-0.39, 0.29) is 12.7 Å². The molecule has 1 aromatic heterocycles. The van der Waals surface area contributed by atoms with E-state index >= 15 is 0 Å². The molecule has 0 spiro atoms. The average Bonchev–Trinajstić information content (AvgIpc) is 2.26. The van der Waals surface area contributed by atoms with Gasteiger partial charge >= 0.3 is 23.8 Å². The molecule has 0 fully saturated rings. The molecule has 0 unspecified atom stereocenters. The fourth-order valence-electron chi connectivity index (χ4n) is 1.16. The first-order valence-corrected chi connectivity index (χ1v) is 4.97. The van der Waals surface area contributed by atoms with Crippen LogP contribution < -0.4 is 4.74 Å². The highest BCUT2D eigenvalue weighted by Gasteiger charge is 2.37. The topological polar surface area (TPSA) is 112 Å². The number of hydrogen-bond donors (Lipinski definition) is 1. The smallest absolute Gasteiger partial charge is 0.501 e. The van der Waals surface area contributed by atoms with Gasteiger partial charge < -0.3 is 24.7 Å². The number of ether oxygens (including phenoxy) is 2. The largest absolute Gasteiger partial charge is 0.573 e. The molecule has 0 aliphatic rings. The maximum Gasteiger partial charge on any atom is 0.573 e. The number of nitrogens with zero attached hydrogens (tertiary/aromatic N) is 2. The number of pyridine rings is 1. The zero-order valence-electron chi connectivity index (χ0n) is 9.80. The molecule has 0 atom stereocenters. The van der Waals surface area contributed by atoms with Gasteiger partial charge in [0.2, 0.25) is 5.75 Å². The molecule has 0 bridgehead atoms. The maximum absolute atomic E-state index is 12.1. The Balaban J connectivity index is 3.37. The van der Waals surface area contributed by atoms with Crippen LogP contribution in [0.3, 0.4) is 0 Å². The van der Waals surface area contributed by atoms with Crippen molar-refractivity contribution < 1.29 is 37.5 Å². The lowest BCUT2D eigenvalue weighted by molar-refractivity contribution is -0.390. The van der Waals surface area contributed by atoms with Gasteiger partial charge in [0.05, 0.1) is 6.61 Å². The number of carbonyl (C=O) groups excluding carboxylic acids is 1. The van der Waals surface area contributed by atoms with Crippen LogP contribution in [0, 0.1) is 10.1 Å². The number of alkyl halides is 3. The van der Waals surface area contributed by atoms with E-state index in [1.54, 1.807) is 0 Å². The highest BCUT2D eigenvalue weighted by molar-refractivity contribution is 5.91. The van der Waals surface area contributed by atoms with E-state index in [1.165, 1.54) is 6.92 Å². The number of aromatic hydroxyl groups is 1. The Hall–Kier alpha value is -2.59. The van der Waals surface area contributed by atoms with Crippen LogP contribution in [0.4, 0.5) is 19.0 Å². The summed E-state index contributed by atoms with van der Waals surface area (Å²) in [5.74, 6) is -4.92. The Labute approximate surface area is 108 Å². The van der Waals surface area contributed by atoms with E-state index in [0.29, 0.717) is 0 Å². The van der Waals surface area contributed by atoms with E-state index in [2.05, 4.69) is 14.5 Å². The number of nitro groups is 1. The Morgan fingerprint density at radius 1 is 1.55 bits per heavy atom. The zero-order chi connectivity index (χ0) is 15.5. The Bertz CT molecular complexity index is 545. The van der Waals surface area contributed by atoms with E-state index in [1.807, 2.05) is 0 Å². The fraction of sp³-hybridized carbons (Fsp3) is 0.333. The van der Waals surface area contributed by atoms with Crippen molar-refractivity contribution in [2.75, 3.05) is 6.61 Å². The molecule has 0 aliphatic heterocycles. The molecule has 0 aromatic carbocycles. The summed E-state index contributed by atoms with van der Waals surface area (Å²) in [5, 5.41) is 19.7. The quantitative estimate of drug-likeness (QED) is 0.512. The Kier molecular flexibility index (Phi) is 4.32. The maximum atomic E-state index is 12.1. The molecule has 11 heteroatoms. The van der Waals surface area contributed by atoms with Crippen LogP contribution in [-0.2, 0) is 4.74 Å². The zero-order valence-corrected chi connectivity index (χ0v) is 9.80. The predicted molar refractivity (Wildman–Crippen MR) is 55.2 cm³/mol. The van der Waals surface area contributed by atoms with E-state index in [4.69, 9.17) is 0 Å². The first-order chi connectivity index (χ1) is 9.15. The van der Waals surface area contributed by atoms with Crippen molar-refractivity contribution in [3.63, 3.8) is 0 Å². The minimum atomic E-state index is -5.18. The van der Waals surface area contributed by atoms with Crippen LogP contribution >= 0.6 is 0 Å². The molecule has 1 N–H and O–H groups in total. The van der Waals surface area contributed by atoms with E-state index in [0.717, 1.165) is 0 Å². The summed E-state index contributed by atoms with van der Waals surface area (Å²) in [6, 6.07) is 0.269. The van der Waals surface area contributed by atoms with Gasteiger partial charge in [-0.15, -0.1) is 13.2 Å². The molecule has 0 amide bonds. The number of esters is 1. The molecule has 1 heterocycles. The summed E-state index contributed by atoms with van der Waals surface area (Å²) in [6.07, 6.45) is -5.18. The van der Waals surface area contributed by atoms with Crippen LogP contribution in [0.25, 0.3) is 0 Å². The third kappa shape index (κ3) is 3.70. The van der Waals surface area contributed by atoms with Gasteiger partial charge in [-0.1, -0.05) is 0 Å². The average molecular weight is 296 g/mol. The van der Waals surface area contributed by atoms with Crippen molar-refractivity contribution in [2.24, 2.45) is 0 Å². The van der Waals surface area contributed by atoms with Crippen LogP contribution in [-0.4, -0.2) is 34.0 Å². The Morgan fingerprint density at radius 2 is 2.15 bits per heavy atom. The van der Waals surface area contributed by atoms with Crippen molar-refractivity contribution in [2.45, 2.75) is 13.3 Å². The molecule has 1 rings (SSSR count). The van der Waals surface area contributed by atoms with Gasteiger partial charge in [0.15, 0.2) is 5.75 Å². The van der Waals surface area contributed by atoms with Crippen LogP contribution in [0.1, 0.15) is 17.4 Å². The summed E-state index contributed by atoms with van der Waals surface area (Å²) in [5.41, 5.74) is -1.06. The van der Waals surface area contributed by atoms with Gasteiger partial charge in [0.1, 0.15) is 0 Å². The summed E-state index contributed by atoms with van der Waals surface area (Å²) in [4.78, 5) is 23.8. The first-order valence-electron chi connectivity index (χ1n) is 4.97. The summed E-state index contributed by atoms with van der Waals surface area (Å²) in [7, 11) is 0. The summed E-state index contributed by atoms with van der Waals surface area (Å²) >= 11 is 0. The predicted octanol–water partition coefficient (Wildman–Crippen LogP) is 1.77. The van der Waals surface area contributed by atoms with Crippen molar-refractivity contribution in [1.29, 1.82) is 0 Å². The molecule has 110 valence electrons. The highest BCUT2D eigenvalue weighted by atomic mass is 19.4. The van der Waals surface area contributed by atoms with Crippen LogP contribution in [0.5, 0.6) is 11.5 Å². The molecule has 0 saturated heterocycles. The molecular weight excluding hydrogens is 289 g/mol. The van der Waals surface area contributed by atoms with Crippen LogP contribution in [0.2, 0.25) is 0 Å². The SMILES string of the molecule is CCOC(=O)c1nc([N+](=O)[O-])c(O)cc1OC(F)(F)F. The van der Waals surface area contributed by atoms with Crippen LogP contribution in [0.15, 0.2) is 6.07 Å². The normalized spacial score (nSPS) is 11.0. The van der Waals surface area contributed by atoms with E-state index < -0.39 is 40.3 Å². The number of carbonyl (C=O) groups is 1. The molecule has 0 radical (unpaired) electrons. The van der Waals surface area contributed by atoms with Crippen molar-refractivity contribution in [3.05, 3.63) is 21.9 Å². The van der Waals surface area contributed by atoms with Crippen molar-refractivity contribution in [1.82, 2.24) is 4.98 Å². The van der Waals surface area contributed by atoms with Crippen molar-refractivity contribution in [3.8, 4) is 11.5 Å². The lowest BCUT2D eigenvalue weighted by Gasteiger charge is -2.10. The van der Waals surface area contributed by atoms with Gasteiger partial charge in [-0.05, 0) is 16.8 Å². The minimum absolute atomic E-state index is 0.194. The molecular formula is C9H7F3N2O6. The molecule has 0 aliphatic carbocycles. The minimum Gasteiger partial charge on any atom is -0.501 e. The second-order valence-corrected chi connectivity index (χ2v) is 3.20. The summed E-state index contributed by atoms with van der Waals surface area (Å²) in [6.45, 7) is 1.18. The number of aromatic nitrogens is 1. The molecule has 1 aromatic rings. The van der Waals surface area contributed by atoms with E-state index in [9.17, 15) is 33.2 Å². The second kappa shape index (κ2) is 5.59.